The minimum absolute atomic E-state index is 0.0754. The predicted molar refractivity (Wildman–Crippen MR) is 202 cm³/mol. The van der Waals surface area contributed by atoms with Crippen molar-refractivity contribution in [2.45, 2.75) is 147 Å². The molecule has 3 saturated heterocycles. The largest absolute Gasteiger partial charge is 0.393 e. The van der Waals surface area contributed by atoms with Gasteiger partial charge in [-0.3, -0.25) is 19.8 Å². The lowest BCUT2D eigenvalue weighted by atomic mass is 9.56. The van der Waals surface area contributed by atoms with Crippen molar-refractivity contribution in [2.75, 3.05) is 26.2 Å². The first-order chi connectivity index (χ1) is 25.0. The number of rotatable bonds is 12. The number of unbranched alkanes of at least 4 members (excludes halogenated alkanes) is 2. The molecule has 0 bridgehead atoms. The van der Waals surface area contributed by atoms with E-state index in [1.165, 1.54) is 37.7 Å². The van der Waals surface area contributed by atoms with E-state index in [0.717, 1.165) is 82.2 Å². The number of benzene rings is 1. The van der Waals surface area contributed by atoms with Gasteiger partial charge in [0.2, 0.25) is 11.8 Å². The average Bonchev–Trinajstić information content (AvgIpc) is 3.95. The van der Waals surface area contributed by atoms with Gasteiger partial charge in [-0.1, -0.05) is 69.2 Å². The first-order valence-electron chi connectivity index (χ1n) is 21.2. The smallest absolute Gasteiger partial charge is 0.220 e. The molecule has 3 spiro atoms. The van der Waals surface area contributed by atoms with Crippen LogP contribution in [0.4, 0.5) is 0 Å². The van der Waals surface area contributed by atoms with Gasteiger partial charge in [0.1, 0.15) is 5.66 Å². The molecule has 7 fully saturated rings. The first-order valence-corrected chi connectivity index (χ1v) is 21.2. The minimum atomic E-state index is -0.147. The highest BCUT2D eigenvalue weighted by atomic mass is 16.5. The van der Waals surface area contributed by atoms with Gasteiger partial charge in [0.15, 0.2) is 0 Å². The van der Waals surface area contributed by atoms with Crippen LogP contribution in [0.2, 0.25) is 0 Å². The zero-order valence-corrected chi connectivity index (χ0v) is 32.1. The van der Waals surface area contributed by atoms with Crippen LogP contribution in [0, 0.1) is 39.9 Å². The fraction of sp³-hybridized carbons (Fsp3) is 0.773. The molecule has 1 aromatic carbocycles. The monoisotopic (exact) mass is 712 g/mol. The summed E-state index contributed by atoms with van der Waals surface area (Å²) in [6.07, 6.45) is 17.6. The maximum absolute atomic E-state index is 12.8. The van der Waals surface area contributed by atoms with E-state index in [4.69, 9.17) is 4.74 Å². The highest BCUT2D eigenvalue weighted by molar-refractivity contribution is 5.76. The number of nitrogens with one attached hydrogen (secondary N) is 3. The molecule has 0 radical (unpaired) electrons. The number of hydrogen-bond acceptors (Lipinski definition) is 6. The molecule has 8 heteroatoms. The van der Waals surface area contributed by atoms with Crippen molar-refractivity contribution in [3.63, 3.8) is 0 Å². The van der Waals surface area contributed by atoms with Crippen LogP contribution in [0.5, 0.6) is 0 Å². The number of likely N-dealkylation sites (tertiary alicyclic amines) is 1. The lowest BCUT2D eigenvalue weighted by Crippen LogP contribution is -2.57. The Morgan fingerprint density at radius 1 is 1.00 bits per heavy atom. The molecule has 3 aliphatic heterocycles. The molecule has 2 amide bonds. The van der Waals surface area contributed by atoms with Gasteiger partial charge in [0, 0.05) is 44.4 Å². The van der Waals surface area contributed by atoms with Crippen molar-refractivity contribution < 1.29 is 19.4 Å². The molecule has 4 saturated carbocycles. The Morgan fingerprint density at radius 2 is 1.81 bits per heavy atom. The number of aryl methyl sites for hydroxylation is 1. The van der Waals surface area contributed by atoms with Gasteiger partial charge in [-0.15, -0.1) is 0 Å². The Hall–Kier alpha value is -2.26. The van der Waals surface area contributed by atoms with E-state index in [0.29, 0.717) is 43.3 Å². The van der Waals surface area contributed by atoms with Gasteiger partial charge in [-0.2, -0.15) is 0 Å². The van der Waals surface area contributed by atoms with Gasteiger partial charge in [0.25, 0.3) is 0 Å². The molecule has 52 heavy (non-hydrogen) atoms. The number of ether oxygens (including phenoxy) is 1. The van der Waals surface area contributed by atoms with Crippen molar-refractivity contribution in [2.24, 2.45) is 39.9 Å². The van der Waals surface area contributed by atoms with Crippen molar-refractivity contribution in [3.8, 4) is 0 Å². The fourth-order valence-corrected chi connectivity index (χ4v) is 14.0. The lowest BCUT2D eigenvalue weighted by molar-refractivity contribution is -0.162. The van der Waals surface area contributed by atoms with Crippen LogP contribution in [0.1, 0.15) is 116 Å². The number of carbonyl (C=O) groups excluding carboxylic acids is 2. The SMILES string of the molecule is C[C@H]1C[C@H]2O[C@]3(CCC4C5CC=C6C[C@@H](O)CC[C@]6(C)[C@H]5CC45CC53C)[C@@H]3N[C@]32N(CCNC(=O)CCCCCNC(=O)CCc2ccccc2)C1. The van der Waals surface area contributed by atoms with Gasteiger partial charge in [-0.25, -0.2) is 0 Å². The second-order valence-electron chi connectivity index (χ2n) is 19.2. The summed E-state index contributed by atoms with van der Waals surface area (Å²) in [4.78, 5) is 27.7. The lowest BCUT2D eigenvalue weighted by Gasteiger charge is -2.49. The van der Waals surface area contributed by atoms with Gasteiger partial charge in [0.05, 0.1) is 23.9 Å². The number of aliphatic hydroxyl groups is 1. The second kappa shape index (κ2) is 12.9. The maximum atomic E-state index is 12.8. The fourth-order valence-electron chi connectivity index (χ4n) is 14.0. The van der Waals surface area contributed by atoms with E-state index < -0.39 is 0 Å². The number of aliphatic hydroxyl groups excluding tert-OH is 1. The molecule has 8 nitrogen and oxygen atoms in total. The zero-order valence-electron chi connectivity index (χ0n) is 32.1. The topological polar surface area (TPSA) is 113 Å². The summed E-state index contributed by atoms with van der Waals surface area (Å²) in [5.41, 5.74) is 3.48. The highest BCUT2D eigenvalue weighted by Crippen LogP contribution is 2.87. The summed E-state index contributed by atoms with van der Waals surface area (Å²) in [5, 5.41) is 20.9. The third-order valence-corrected chi connectivity index (χ3v) is 16.7. The summed E-state index contributed by atoms with van der Waals surface area (Å²) in [5.74, 6) is 3.17. The molecule has 1 aromatic rings. The van der Waals surface area contributed by atoms with E-state index in [-0.39, 0.29) is 46.1 Å². The quantitative estimate of drug-likeness (QED) is 0.122. The Kier molecular flexibility index (Phi) is 8.80. The molecular formula is C44H64N4O4. The van der Waals surface area contributed by atoms with Crippen LogP contribution in [0.3, 0.4) is 0 Å². The minimum Gasteiger partial charge on any atom is -0.393 e. The average molecular weight is 713 g/mol. The third-order valence-electron chi connectivity index (χ3n) is 16.7. The summed E-state index contributed by atoms with van der Waals surface area (Å²) < 4.78 is 7.50. The summed E-state index contributed by atoms with van der Waals surface area (Å²) in [6, 6.07) is 10.5. The van der Waals surface area contributed by atoms with Crippen molar-refractivity contribution in [1.29, 1.82) is 0 Å². The zero-order chi connectivity index (χ0) is 35.9. The third kappa shape index (κ3) is 5.34. The highest BCUT2D eigenvalue weighted by Gasteiger charge is 2.90. The number of morpholine rings is 1. The Labute approximate surface area is 311 Å². The normalized spacial score (nSPS) is 45.1. The molecule has 284 valence electrons. The second-order valence-corrected chi connectivity index (χ2v) is 19.2. The maximum Gasteiger partial charge on any atom is 0.220 e. The Bertz CT molecular complexity index is 1580. The summed E-state index contributed by atoms with van der Waals surface area (Å²) in [7, 11) is 0. The van der Waals surface area contributed by atoms with Crippen LogP contribution < -0.4 is 16.0 Å². The van der Waals surface area contributed by atoms with E-state index in [1.54, 1.807) is 5.57 Å². The number of amides is 2. The van der Waals surface area contributed by atoms with Gasteiger partial charge in [-0.05, 0) is 117 Å². The number of hydrogen-bond donors (Lipinski definition) is 4. The van der Waals surface area contributed by atoms with Crippen LogP contribution in [-0.2, 0) is 20.7 Å². The van der Waals surface area contributed by atoms with Crippen LogP contribution in [0.25, 0.3) is 0 Å². The van der Waals surface area contributed by atoms with E-state index in [9.17, 15) is 14.7 Å². The summed E-state index contributed by atoms with van der Waals surface area (Å²) in [6.45, 7) is 10.8. The van der Waals surface area contributed by atoms with Crippen molar-refractivity contribution >= 4 is 11.8 Å². The summed E-state index contributed by atoms with van der Waals surface area (Å²) >= 11 is 0. The molecule has 12 atom stereocenters. The van der Waals surface area contributed by atoms with Gasteiger partial charge >= 0.3 is 0 Å². The first kappa shape index (κ1) is 35.4. The molecule has 9 rings (SSSR count). The van der Waals surface area contributed by atoms with E-state index in [1.807, 2.05) is 18.2 Å². The van der Waals surface area contributed by atoms with Gasteiger partial charge < -0.3 is 20.5 Å². The van der Waals surface area contributed by atoms with Crippen LogP contribution >= 0.6 is 0 Å². The molecular weight excluding hydrogens is 649 g/mol. The number of carbonyl (C=O) groups is 2. The van der Waals surface area contributed by atoms with Crippen LogP contribution in [-0.4, -0.2) is 77.5 Å². The molecule has 8 aliphatic rings. The number of fused-ring (bicyclic) bond motifs is 6. The molecule has 5 aliphatic carbocycles. The van der Waals surface area contributed by atoms with Crippen LogP contribution in [0.15, 0.2) is 42.0 Å². The number of nitrogens with zero attached hydrogens (tertiary/aromatic N) is 1. The Balaban J connectivity index is 0.761. The predicted octanol–water partition coefficient (Wildman–Crippen LogP) is 5.88. The molecule has 0 aromatic heterocycles. The van der Waals surface area contributed by atoms with Crippen molar-refractivity contribution in [1.82, 2.24) is 20.9 Å². The molecule has 3 heterocycles. The number of allylic oxidation sites excluding steroid dienone is 1. The molecule has 4 N–H and O–H groups in total. The van der Waals surface area contributed by atoms with Crippen molar-refractivity contribution in [3.05, 3.63) is 47.5 Å². The standard InChI is InChI=1S/C44H64N4O4/c1-29-24-36-44(48(27-29)23-22-46-37(50)12-8-5-9-21-45-38(51)16-13-30-10-6-4-7-11-30)39(47-44)43(52-36)20-18-34-33-15-14-31-25-32(49)17-19-40(31,2)35(33)26-42(34)28-41(42,43)3/h4,6-7,10-11,14,29,32-36,39,47,49H,5,8-9,12-13,15-28H2,1-3H3,(H,45,51)(H,46,50)/t29-,32-,33?,34?,35-,36+,39-,40-,41?,42?,43+,44+/m0/s1. The number of piperidine rings is 1. The molecule has 4 unspecified atom stereocenters. The van der Waals surface area contributed by atoms with E-state index >= 15 is 0 Å². The van der Waals surface area contributed by atoms with E-state index in [2.05, 4.69) is 59.8 Å². The Morgan fingerprint density at radius 3 is 2.65 bits per heavy atom.